The lowest BCUT2D eigenvalue weighted by atomic mass is 9.82. The lowest BCUT2D eigenvalue weighted by Gasteiger charge is -2.44. The van der Waals surface area contributed by atoms with Crippen LogP contribution in [0.3, 0.4) is 0 Å². The van der Waals surface area contributed by atoms with E-state index < -0.39 is 11.9 Å². The first-order valence-electron chi connectivity index (χ1n) is 12.0. The van der Waals surface area contributed by atoms with E-state index >= 15 is 0 Å². The summed E-state index contributed by atoms with van der Waals surface area (Å²) < 4.78 is 0. The molecule has 1 saturated carbocycles. The molecule has 2 aromatic carbocycles. The predicted octanol–water partition coefficient (Wildman–Crippen LogP) is 3.65. The van der Waals surface area contributed by atoms with Gasteiger partial charge in [-0.1, -0.05) is 66.4 Å². The third-order valence-corrected chi connectivity index (χ3v) is 7.75. The van der Waals surface area contributed by atoms with Gasteiger partial charge in [0.2, 0.25) is 11.8 Å². The Morgan fingerprint density at radius 3 is 2.26 bits per heavy atom. The maximum absolute atomic E-state index is 13.3. The number of nitrogens with one attached hydrogen (secondary N) is 1. The fourth-order valence-corrected chi connectivity index (χ4v) is 5.43. The molecule has 2 aliphatic rings. The van der Waals surface area contributed by atoms with E-state index in [9.17, 15) is 14.4 Å². The second-order valence-electron chi connectivity index (χ2n) is 9.17. The monoisotopic (exact) mass is 516 g/mol. The molecule has 2 aromatic rings. The molecule has 7 nitrogen and oxygen atoms in total. The molecule has 1 aliphatic heterocycles. The van der Waals surface area contributed by atoms with Gasteiger partial charge in [-0.05, 0) is 36.6 Å². The summed E-state index contributed by atoms with van der Waals surface area (Å²) in [5, 5.41) is 3.68. The molecule has 1 saturated heterocycles. The van der Waals surface area contributed by atoms with E-state index in [4.69, 9.17) is 28.9 Å². The Balaban J connectivity index is 1.40. The molecule has 3 atom stereocenters. The highest BCUT2D eigenvalue weighted by atomic mass is 35.5. The largest absolute Gasteiger partial charge is 0.368 e. The summed E-state index contributed by atoms with van der Waals surface area (Å²) in [7, 11) is 0. The van der Waals surface area contributed by atoms with Crippen molar-refractivity contribution in [3.63, 3.8) is 0 Å². The summed E-state index contributed by atoms with van der Waals surface area (Å²) in [4.78, 5) is 42.5. The number of primary amides is 1. The summed E-state index contributed by atoms with van der Waals surface area (Å²) in [5.74, 6) is -1.03. The van der Waals surface area contributed by atoms with Crippen molar-refractivity contribution in [1.29, 1.82) is 0 Å². The Morgan fingerprint density at radius 1 is 0.914 bits per heavy atom. The standard InChI is InChI=1S/C26H30Cl2N4O3/c27-20-11-10-18(16-21(20)28)26(35)32-14-12-31(13-15-32)22-9-5-4-8-19(22)25(34)30-23(24(29)33)17-6-2-1-3-7-17/h1-3,6-7,10-11,16,19,22-23H,4-5,8-9,12-15H2,(H2,29,33)(H,30,34)/t19-,22-,23+/m1/s1. The molecule has 0 bridgehead atoms. The van der Waals surface area contributed by atoms with Gasteiger partial charge in [0.1, 0.15) is 6.04 Å². The first-order valence-corrected chi connectivity index (χ1v) is 12.7. The van der Waals surface area contributed by atoms with E-state index in [2.05, 4.69) is 10.2 Å². The van der Waals surface area contributed by atoms with Crippen molar-refractivity contribution >= 4 is 40.9 Å². The van der Waals surface area contributed by atoms with Crippen LogP contribution in [-0.4, -0.2) is 59.7 Å². The van der Waals surface area contributed by atoms with Gasteiger partial charge in [0.05, 0.1) is 16.0 Å². The van der Waals surface area contributed by atoms with Crippen molar-refractivity contribution in [2.75, 3.05) is 26.2 Å². The third-order valence-electron chi connectivity index (χ3n) is 7.01. The molecule has 0 aromatic heterocycles. The zero-order chi connectivity index (χ0) is 24.9. The van der Waals surface area contributed by atoms with Crippen molar-refractivity contribution in [2.24, 2.45) is 11.7 Å². The highest BCUT2D eigenvalue weighted by molar-refractivity contribution is 6.42. The molecular formula is C26H30Cl2N4O3. The Kier molecular flexibility index (Phi) is 8.31. The van der Waals surface area contributed by atoms with Gasteiger partial charge < -0.3 is 16.0 Å². The van der Waals surface area contributed by atoms with Crippen LogP contribution in [0.15, 0.2) is 48.5 Å². The van der Waals surface area contributed by atoms with Gasteiger partial charge in [0, 0.05) is 37.8 Å². The second kappa shape index (κ2) is 11.4. The maximum atomic E-state index is 13.3. The van der Waals surface area contributed by atoms with Crippen molar-refractivity contribution in [2.45, 2.75) is 37.8 Å². The van der Waals surface area contributed by atoms with Crippen molar-refractivity contribution in [1.82, 2.24) is 15.1 Å². The zero-order valence-electron chi connectivity index (χ0n) is 19.5. The van der Waals surface area contributed by atoms with Crippen LogP contribution >= 0.6 is 23.2 Å². The summed E-state index contributed by atoms with van der Waals surface area (Å²) in [6, 6.07) is 13.2. The lowest BCUT2D eigenvalue weighted by Crippen LogP contribution is -2.56. The molecule has 2 fully saturated rings. The number of rotatable bonds is 6. The van der Waals surface area contributed by atoms with Crippen LogP contribution in [0.1, 0.15) is 47.6 Å². The Bertz CT molecular complexity index is 1070. The number of carbonyl (C=O) groups is 3. The van der Waals surface area contributed by atoms with E-state index in [0.717, 1.165) is 25.7 Å². The number of carbonyl (C=O) groups excluding carboxylic acids is 3. The quantitative estimate of drug-likeness (QED) is 0.612. The molecule has 0 unspecified atom stereocenters. The number of nitrogens with two attached hydrogens (primary N) is 1. The molecule has 35 heavy (non-hydrogen) atoms. The van der Waals surface area contributed by atoms with Gasteiger partial charge in [0.15, 0.2) is 0 Å². The minimum atomic E-state index is -0.855. The number of amides is 3. The number of hydrogen-bond donors (Lipinski definition) is 2. The van der Waals surface area contributed by atoms with Gasteiger partial charge in [-0.3, -0.25) is 19.3 Å². The molecule has 186 valence electrons. The van der Waals surface area contributed by atoms with E-state index in [1.807, 2.05) is 23.1 Å². The molecule has 4 rings (SSSR count). The molecule has 1 aliphatic carbocycles. The Labute approximate surface area is 215 Å². The van der Waals surface area contributed by atoms with E-state index in [1.165, 1.54) is 0 Å². The number of benzene rings is 2. The molecule has 1 heterocycles. The molecular weight excluding hydrogens is 487 g/mol. The molecule has 9 heteroatoms. The first-order chi connectivity index (χ1) is 16.8. The van der Waals surface area contributed by atoms with Crippen LogP contribution in [0.4, 0.5) is 0 Å². The van der Waals surface area contributed by atoms with Crippen LogP contribution in [0.5, 0.6) is 0 Å². The van der Waals surface area contributed by atoms with Crippen LogP contribution in [-0.2, 0) is 9.59 Å². The van der Waals surface area contributed by atoms with Crippen molar-refractivity contribution in [3.8, 4) is 0 Å². The number of piperazine rings is 1. The summed E-state index contributed by atoms with van der Waals surface area (Å²) in [6.07, 6.45) is 3.69. The fraction of sp³-hybridized carbons (Fsp3) is 0.423. The smallest absolute Gasteiger partial charge is 0.253 e. The minimum Gasteiger partial charge on any atom is -0.368 e. The van der Waals surface area contributed by atoms with E-state index in [-0.39, 0.29) is 23.8 Å². The third kappa shape index (κ3) is 5.97. The van der Waals surface area contributed by atoms with Crippen molar-refractivity contribution in [3.05, 3.63) is 69.7 Å². The summed E-state index contributed by atoms with van der Waals surface area (Å²) in [6.45, 7) is 2.49. The minimum absolute atomic E-state index is 0.0651. The number of nitrogens with zero attached hydrogens (tertiary/aromatic N) is 2. The van der Waals surface area contributed by atoms with Crippen molar-refractivity contribution < 1.29 is 14.4 Å². The zero-order valence-corrected chi connectivity index (χ0v) is 21.0. The van der Waals surface area contributed by atoms with Gasteiger partial charge in [-0.25, -0.2) is 0 Å². The highest BCUT2D eigenvalue weighted by Crippen LogP contribution is 2.31. The average Bonchev–Trinajstić information content (AvgIpc) is 2.88. The van der Waals surface area contributed by atoms with Crippen LogP contribution in [0, 0.1) is 5.92 Å². The Hall–Kier alpha value is -2.61. The predicted molar refractivity (Wildman–Crippen MR) is 136 cm³/mol. The van der Waals surface area contributed by atoms with E-state index in [0.29, 0.717) is 47.4 Å². The lowest BCUT2D eigenvalue weighted by molar-refractivity contribution is -0.133. The maximum Gasteiger partial charge on any atom is 0.253 e. The normalized spacial score (nSPS) is 21.8. The molecule has 0 radical (unpaired) electrons. The van der Waals surface area contributed by atoms with Gasteiger partial charge >= 0.3 is 0 Å². The van der Waals surface area contributed by atoms with Crippen LogP contribution < -0.4 is 11.1 Å². The summed E-state index contributed by atoms with van der Waals surface area (Å²) >= 11 is 12.1. The number of hydrogen-bond acceptors (Lipinski definition) is 4. The average molecular weight is 517 g/mol. The van der Waals surface area contributed by atoms with E-state index in [1.54, 1.807) is 30.3 Å². The number of halogens is 2. The van der Waals surface area contributed by atoms with Gasteiger partial charge in [0.25, 0.3) is 5.91 Å². The molecule has 3 N–H and O–H groups in total. The van der Waals surface area contributed by atoms with Crippen LogP contribution in [0.25, 0.3) is 0 Å². The molecule has 3 amide bonds. The summed E-state index contributed by atoms with van der Waals surface area (Å²) in [5.41, 5.74) is 6.81. The van der Waals surface area contributed by atoms with Gasteiger partial charge in [-0.2, -0.15) is 0 Å². The fourth-order valence-electron chi connectivity index (χ4n) is 5.14. The van der Waals surface area contributed by atoms with Crippen LogP contribution in [0.2, 0.25) is 10.0 Å². The molecule has 0 spiro atoms. The highest BCUT2D eigenvalue weighted by Gasteiger charge is 2.38. The Morgan fingerprint density at radius 2 is 1.60 bits per heavy atom. The SMILES string of the molecule is NC(=O)[C@@H](NC(=O)[C@@H]1CCCC[C@H]1N1CCN(C(=O)c2ccc(Cl)c(Cl)c2)CC1)c1ccccc1. The van der Waals surface area contributed by atoms with Gasteiger partial charge in [-0.15, -0.1) is 0 Å². The second-order valence-corrected chi connectivity index (χ2v) is 9.98. The topological polar surface area (TPSA) is 95.7 Å². The first kappa shape index (κ1) is 25.5.